The number of aliphatic hydroxyl groups is 1. The minimum absolute atomic E-state index is 0.294. The second-order valence-corrected chi connectivity index (χ2v) is 9.65. The van der Waals surface area contributed by atoms with Crippen LogP contribution in [0.4, 0.5) is 0 Å². The van der Waals surface area contributed by atoms with Crippen molar-refractivity contribution in [1.82, 2.24) is 9.88 Å². The van der Waals surface area contributed by atoms with Gasteiger partial charge in [0.05, 0.1) is 19.3 Å². The summed E-state index contributed by atoms with van der Waals surface area (Å²) in [7, 11) is 0. The van der Waals surface area contributed by atoms with Gasteiger partial charge in [-0.25, -0.2) is 4.98 Å². The van der Waals surface area contributed by atoms with E-state index >= 15 is 0 Å². The summed E-state index contributed by atoms with van der Waals surface area (Å²) < 4.78 is 12.4. The van der Waals surface area contributed by atoms with E-state index in [1.165, 1.54) is 0 Å². The van der Waals surface area contributed by atoms with Gasteiger partial charge in [-0.1, -0.05) is 92.2 Å². The van der Waals surface area contributed by atoms with Crippen molar-refractivity contribution >= 4 is 0 Å². The zero-order chi connectivity index (χ0) is 24.8. The van der Waals surface area contributed by atoms with Crippen LogP contribution >= 0.6 is 0 Å². The van der Waals surface area contributed by atoms with Crippen molar-refractivity contribution in [2.45, 2.75) is 31.9 Å². The second-order valence-electron chi connectivity index (χ2n) is 9.65. The molecule has 2 heterocycles. The highest BCUT2D eigenvalue weighted by Crippen LogP contribution is 2.36. The van der Waals surface area contributed by atoms with Crippen molar-refractivity contribution in [2.24, 2.45) is 11.8 Å². The summed E-state index contributed by atoms with van der Waals surface area (Å²) >= 11 is 0. The molecule has 186 valence electrons. The van der Waals surface area contributed by atoms with Crippen LogP contribution in [0.3, 0.4) is 0 Å². The predicted octanol–water partition coefficient (Wildman–Crippen LogP) is 5.89. The highest BCUT2D eigenvalue weighted by atomic mass is 16.5. The van der Waals surface area contributed by atoms with Crippen LogP contribution in [0.1, 0.15) is 42.5 Å². The minimum atomic E-state index is -1.46. The van der Waals surface area contributed by atoms with Gasteiger partial charge in [-0.15, -0.1) is 0 Å². The average Bonchev–Trinajstić information content (AvgIpc) is 3.42. The molecule has 5 rings (SSSR count). The zero-order valence-electron chi connectivity index (χ0n) is 20.8. The third kappa shape index (κ3) is 5.23. The smallest absolute Gasteiger partial charge is 0.236 e. The monoisotopic (exact) mass is 482 g/mol. The van der Waals surface area contributed by atoms with Crippen molar-refractivity contribution in [3.8, 4) is 5.75 Å². The van der Waals surface area contributed by atoms with Gasteiger partial charge >= 0.3 is 0 Å². The van der Waals surface area contributed by atoms with E-state index in [-0.39, 0.29) is 0 Å². The number of piperidine rings is 1. The van der Waals surface area contributed by atoms with Gasteiger partial charge in [0.25, 0.3) is 0 Å². The first-order valence-electron chi connectivity index (χ1n) is 12.9. The maximum absolute atomic E-state index is 11.9. The van der Waals surface area contributed by atoms with Gasteiger partial charge in [0.1, 0.15) is 11.5 Å². The summed E-state index contributed by atoms with van der Waals surface area (Å²) in [4.78, 5) is 6.98. The second kappa shape index (κ2) is 11.1. The fourth-order valence-electron chi connectivity index (χ4n) is 5.29. The van der Waals surface area contributed by atoms with Crippen LogP contribution < -0.4 is 4.74 Å². The first kappa shape index (κ1) is 24.3. The number of para-hydroxylation sites is 1. The SMILES string of the molecule is CCC1CCN(Cc2cnc(C(O)(c3ccccc3)c3ccccc3)o2)CC1COc1ccccc1. The topological polar surface area (TPSA) is 58.7 Å². The maximum Gasteiger partial charge on any atom is 0.236 e. The number of hydrogen-bond acceptors (Lipinski definition) is 5. The van der Waals surface area contributed by atoms with Gasteiger partial charge in [-0.05, 0) is 42.1 Å². The van der Waals surface area contributed by atoms with Gasteiger partial charge < -0.3 is 14.3 Å². The first-order chi connectivity index (χ1) is 17.7. The van der Waals surface area contributed by atoms with Crippen LogP contribution in [-0.2, 0) is 12.1 Å². The van der Waals surface area contributed by atoms with E-state index in [1.54, 1.807) is 6.20 Å². The summed E-state index contributed by atoms with van der Waals surface area (Å²) in [5.74, 6) is 3.08. The molecule has 1 aromatic heterocycles. The van der Waals surface area contributed by atoms with Gasteiger partial charge in [0.2, 0.25) is 5.89 Å². The number of aromatic nitrogens is 1. The van der Waals surface area contributed by atoms with E-state index in [0.29, 0.717) is 30.9 Å². The predicted molar refractivity (Wildman–Crippen MR) is 141 cm³/mol. The fourth-order valence-corrected chi connectivity index (χ4v) is 5.29. The highest BCUT2D eigenvalue weighted by molar-refractivity contribution is 5.41. The van der Waals surface area contributed by atoms with Crippen LogP contribution in [0, 0.1) is 11.8 Å². The fraction of sp³-hybridized carbons (Fsp3) is 0.323. The molecule has 36 heavy (non-hydrogen) atoms. The van der Waals surface area contributed by atoms with E-state index in [2.05, 4.69) is 16.8 Å². The summed E-state index contributed by atoms with van der Waals surface area (Å²) in [5.41, 5.74) is 0.000137. The van der Waals surface area contributed by atoms with Crippen LogP contribution in [0.2, 0.25) is 0 Å². The molecule has 1 aliphatic rings. The summed E-state index contributed by atoms with van der Waals surface area (Å²) in [6, 6.07) is 29.2. The lowest BCUT2D eigenvalue weighted by Crippen LogP contribution is -2.42. The Morgan fingerprint density at radius 2 is 1.53 bits per heavy atom. The largest absolute Gasteiger partial charge is 0.493 e. The molecule has 0 spiro atoms. The van der Waals surface area contributed by atoms with Crippen molar-refractivity contribution in [2.75, 3.05) is 19.7 Å². The lowest BCUT2D eigenvalue weighted by Gasteiger charge is -2.37. The normalized spacial score (nSPS) is 18.7. The summed E-state index contributed by atoms with van der Waals surface area (Å²) in [6.07, 6.45) is 4.05. The molecule has 0 bridgehead atoms. The van der Waals surface area contributed by atoms with Gasteiger partial charge in [-0.2, -0.15) is 0 Å². The maximum atomic E-state index is 11.9. The molecule has 1 N–H and O–H groups in total. The van der Waals surface area contributed by atoms with E-state index < -0.39 is 5.60 Å². The Labute approximate surface area is 213 Å². The third-order valence-corrected chi connectivity index (χ3v) is 7.33. The zero-order valence-corrected chi connectivity index (χ0v) is 20.8. The number of nitrogens with zero attached hydrogens (tertiary/aromatic N) is 2. The van der Waals surface area contributed by atoms with Crippen molar-refractivity contribution < 1.29 is 14.3 Å². The Morgan fingerprint density at radius 3 is 2.14 bits per heavy atom. The van der Waals surface area contributed by atoms with E-state index in [0.717, 1.165) is 48.6 Å². The van der Waals surface area contributed by atoms with Crippen LogP contribution in [0.5, 0.6) is 5.75 Å². The van der Waals surface area contributed by atoms with Crippen LogP contribution in [-0.4, -0.2) is 34.7 Å². The number of oxazole rings is 1. The van der Waals surface area contributed by atoms with E-state index in [4.69, 9.17) is 9.15 Å². The molecular weight excluding hydrogens is 448 g/mol. The highest BCUT2D eigenvalue weighted by Gasteiger charge is 2.39. The molecule has 2 atom stereocenters. The number of benzene rings is 3. The van der Waals surface area contributed by atoms with Crippen LogP contribution in [0.25, 0.3) is 0 Å². The molecule has 5 heteroatoms. The summed E-state index contributed by atoms with van der Waals surface area (Å²) in [5, 5.41) is 11.9. The Kier molecular flexibility index (Phi) is 7.49. The molecule has 1 aliphatic heterocycles. The lowest BCUT2D eigenvalue weighted by atomic mass is 9.84. The Morgan fingerprint density at radius 1 is 0.917 bits per heavy atom. The molecule has 3 aromatic carbocycles. The number of hydrogen-bond donors (Lipinski definition) is 1. The van der Waals surface area contributed by atoms with Crippen molar-refractivity contribution in [3.63, 3.8) is 0 Å². The summed E-state index contributed by atoms with van der Waals surface area (Å²) in [6.45, 7) is 5.60. The standard InChI is InChI=1S/C31H34N2O3/c1-2-24-18-19-33(21-25(24)23-35-28-16-10-5-11-17-28)22-29-20-32-30(36-29)31(34,26-12-6-3-7-13-26)27-14-8-4-9-15-27/h3-17,20,24-25,34H,2,18-19,21-23H2,1H3. The molecular formula is C31H34N2O3. The number of likely N-dealkylation sites (tertiary alicyclic amines) is 1. The molecule has 0 radical (unpaired) electrons. The third-order valence-electron chi connectivity index (χ3n) is 7.33. The van der Waals surface area contributed by atoms with E-state index in [1.807, 2.05) is 91.0 Å². The molecule has 0 saturated carbocycles. The molecule has 0 aliphatic carbocycles. The molecule has 1 saturated heterocycles. The Hall–Kier alpha value is -3.41. The lowest BCUT2D eigenvalue weighted by molar-refractivity contribution is 0.0653. The number of rotatable bonds is 9. The van der Waals surface area contributed by atoms with Gasteiger partial charge in [-0.3, -0.25) is 4.90 Å². The van der Waals surface area contributed by atoms with Crippen molar-refractivity contribution in [3.05, 3.63) is 120 Å². The molecule has 5 nitrogen and oxygen atoms in total. The number of ether oxygens (including phenoxy) is 1. The average molecular weight is 483 g/mol. The quantitative estimate of drug-likeness (QED) is 0.323. The van der Waals surface area contributed by atoms with Gasteiger partial charge in [0.15, 0.2) is 5.60 Å². The molecule has 1 fully saturated rings. The van der Waals surface area contributed by atoms with Crippen LogP contribution in [0.15, 0.2) is 102 Å². The van der Waals surface area contributed by atoms with Gasteiger partial charge in [0, 0.05) is 12.5 Å². The first-order valence-corrected chi connectivity index (χ1v) is 12.9. The Bertz CT molecular complexity index is 1170. The molecule has 4 aromatic rings. The molecule has 2 unspecified atom stereocenters. The van der Waals surface area contributed by atoms with Crippen molar-refractivity contribution in [1.29, 1.82) is 0 Å². The minimum Gasteiger partial charge on any atom is -0.493 e. The Balaban J connectivity index is 1.32. The molecule has 0 amide bonds. The van der Waals surface area contributed by atoms with E-state index in [9.17, 15) is 5.11 Å².